The summed E-state index contributed by atoms with van der Waals surface area (Å²) >= 11 is 0. The maximum Gasteiger partial charge on any atom is 0.416 e. The largest absolute Gasteiger partial charge is 0.416 e. The van der Waals surface area contributed by atoms with E-state index in [0.717, 1.165) is 24.1 Å². The Kier molecular flexibility index (Phi) is 3.51. The quantitative estimate of drug-likeness (QED) is 0.794. The van der Waals surface area contributed by atoms with Crippen LogP contribution in [0, 0.1) is 0 Å². The number of nitrogen functional groups attached to an aromatic ring is 1. The maximum atomic E-state index is 12.5. The molecule has 0 atom stereocenters. The first-order valence-electron chi connectivity index (χ1n) is 5.98. The van der Waals surface area contributed by atoms with Gasteiger partial charge in [-0.25, -0.2) is 0 Å². The standard InChI is InChI=1S/C15H14F3N/c1-2-10-3-5-11(6-4-10)13-8-7-12(9-14(13)19)15(16,17)18/h3-9H,2,19H2,1H3. The fraction of sp³-hybridized carbons (Fsp3) is 0.200. The first-order valence-corrected chi connectivity index (χ1v) is 5.98. The van der Waals surface area contributed by atoms with E-state index in [1.165, 1.54) is 11.6 Å². The van der Waals surface area contributed by atoms with Gasteiger partial charge in [0, 0.05) is 11.3 Å². The zero-order valence-corrected chi connectivity index (χ0v) is 10.5. The Morgan fingerprint density at radius 2 is 1.63 bits per heavy atom. The van der Waals surface area contributed by atoms with Crippen LogP contribution in [0.2, 0.25) is 0 Å². The summed E-state index contributed by atoms with van der Waals surface area (Å²) in [6.45, 7) is 2.04. The van der Waals surface area contributed by atoms with E-state index >= 15 is 0 Å². The molecule has 19 heavy (non-hydrogen) atoms. The van der Waals surface area contributed by atoms with E-state index in [-0.39, 0.29) is 5.69 Å². The van der Waals surface area contributed by atoms with Gasteiger partial charge in [-0.05, 0) is 29.7 Å². The van der Waals surface area contributed by atoms with Gasteiger partial charge in [0.1, 0.15) is 0 Å². The average Bonchev–Trinajstić information content (AvgIpc) is 2.38. The van der Waals surface area contributed by atoms with Crippen molar-refractivity contribution in [2.75, 3.05) is 5.73 Å². The fourth-order valence-electron chi connectivity index (χ4n) is 1.92. The number of hydrogen-bond donors (Lipinski definition) is 1. The van der Waals surface area contributed by atoms with E-state index in [1.54, 1.807) is 0 Å². The minimum absolute atomic E-state index is 0.138. The van der Waals surface area contributed by atoms with Crippen molar-refractivity contribution in [1.29, 1.82) is 0 Å². The van der Waals surface area contributed by atoms with Crippen molar-refractivity contribution in [3.8, 4) is 11.1 Å². The second-order valence-electron chi connectivity index (χ2n) is 4.35. The first-order chi connectivity index (χ1) is 8.91. The van der Waals surface area contributed by atoms with Crippen molar-refractivity contribution in [2.24, 2.45) is 0 Å². The van der Waals surface area contributed by atoms with Crippen molar-refractivity contribution in [3.63, 3.8) is 0 Å². The molecule has 2 N–H and O–H groups in total. The molecule has 2 aromatic carbocycles. The predicted molar refractivity (Wildman–Crippen MR) is 70.7 cm³/mol. The Bertz CT molecular complexity index is 571. The SMILES string of the molecule is CCc1ccc(-c2ccc(C(F)(F)F)cc2N)cc1. The van der Waals surface area contributed by atoms with Crippen LogP contribution >= 0.6 is 0 Å². The van der Waals surface area contributed by atoms with Crippen molar-refractivity contribution in [2.45, 2.75) is 19.5 Å². The third-order valence-electron chi connectivity index (χ3n) is 3.05. The highest BCUT2D eigenvalue weighted by molar-refractivity contribution is 5.77. The molecule has 0 aliphatic carbocycles. The Morgan fingerprint density at radius 3 is 2.11 bits per heavy atom. The van der Waals surface area contributed by atoms with Crippen LogP contribution in [0.4, 0.5) is 18.9 Å². The topological polar surface area (TPSA) is 26.0 Å². The van der Waals surface area contributed by atoms with E-state index in [9.17, 15) is 13.2 Å². The maximum absolute atomic E-state index is 12.5. The van der Waals surface area contributed by atoms with Crippen LogP contribution in [-0.2, 0) is 12.6 Å². The lowest BCUT2D eigenvalue weighted by atomic mass is 10.00. The molecular formula is C15H14F3N. The van der Waals surface area contributed by atoms with E-state index in [1.807, 2.05) is 31.2 Å². The third-order valence-corrected chi connectivity index (χ3v) is 3.05. The number of hydrogen-bond acceptors (Lipinski definition) is 1. The summed E-state index contributed by atoms with van der Waals surface area (Å²) in [7, 11) is 0. The molecule has 2 rings (SSSR count). The molecule has 0 heterocycles. The Hall–Kier alpha value is -1.97. The van der Waals surface area contributed by atoms with Crippen molar-refractivity contribution >= 4 is 5.69 Å². The third kappa shape index (κ3) is 2.89. The van der Waals surface area contributed by atoms with Crippen molar-refractivity contribution < 1.29 is 13.2 Å². The lowest BCUT2D eigenvalue weighted by Crippen LogP contribution is -2.05. The molecule has 0 aliphatic heterocycles. The summed E-state index contributed by atoms with van der Waals surface area (Å²) in [4.78, 5) is 0. The van der Waals surface area contributed by atoms with Gasteiger partial charge in [0.15, 0.2) is 0 Å². The molecule has 0 fully saturated rings. The predicted octanol–water partition coefficient (Wildman–Crippen LogP) is 4.52. The van der Waals surface area contributed by atoms with Gasteiger partial charge in [-0.15, -0.1) is 0 Å². The molecule has 2 aromatic rings. The van der Waals surface area contributed by atoms with E-state index in [2.05, 4.69) is 0 Å². The van der Waals surface area contributed by atoms with Gasteiger partial charge in [-0.3, -0.25) is 0 Å². The molecule has 1 nitrogen and oxygen atoms in total. The summed E-state index contributed by atoms with van der Waals surface area (Å²) in [6.07, 6.45) is -3.44. The molecule has 4 heteroatoms. The highest BCUT2D eigenvalue weighted by atomic mass is 19.4. The van der Waals surface area contributed by atoms with Crippen LogP contribution in [0.15, 0.2) is 42.5 Å². The lowest BCUT2D eigenvalue weighted by molar-refractivity contribution is -0.137. The van der Waals surface area contributed by atoms with Crippen LogP contribution < -0.4 is 5.73 Å². The number of rotatable bonds is 2. The van der Waals surface area contributed by atoms with Crippen LogP contribution in [0.3, 0.4) is 0 Å². The molecular weight excluding hydrogens is 251 g/mol. The Balaban J connectivity index is 2.40. The number of benzene rings is 2. The smallest absolute Gasteiger partial charge is 0.398 e. The van der Waals surface area contributed by atoms with Crippen LogP contribution in [0.5, 0.6) is 0 Å². The normalized spacial score (nSPS) is 11.6. The average molecular weight is 265 g/mol. The van der Waals surface area contributed by atoms with E-state index in [0.29, 0.717) is 5.56 Å². The van der Waals surface area contributed by atoms with Crippen LogP contribution in [0.1, 0.15) is 18.1 Å². The molecule has 0 aliphatic rings. The molecule has 100 valence electrons. The summed E-state index contributed by atoms with van der Waals surface area (Å²) < 4.78 is 37.6. The van der Waals surface area contributed by atoms with E-state index in [4.69, 9.17) is 5.73 Å². The van der Waals surface area contributed by atoms with Crippen molar-refractivity contribution in [1.82, 2.24) is 0 Å². The van der Waals surface area contributed by atoms with Gasteiger partial charge in [-0.1, -0.05) is 37.3 Å². The minimum atomic E-state index is -4.36. The summed E-state index contributed by atoms with van der Waals surface area (Å²) in [5.41, 5.74) is 7.75. The Labute approximate surface area is 109 Å². The molecule has 0 spiro atoms. The molecule has 0 unspecified atom stereocenters. The number of halogens is 3. The lowest BCUT2D eigenvalue weighted by Gasteiger charge is -2.11. The number of anilines is 1. The fourth-order valence-corrected chi connectivity index (χ4v) is 1.92. The van der Waals surface area contributed by atoms with Gasteiger partial charge < -0.3 is 5.73 Å². The molecule has 0 amide bonds. The molecule has 0 bridgehead atoms. The Morgan fingerprint density at radius 1 is 1.00 bits per heavy atom. The number of aryl methyl sites for hydroxylation is 1. The van der Waals surface area contributed by atoms with Gasteiger partial charge in [0.2, 0.25) is 0 Å². The second kappa shape index (κ2) is 4.96. The summed E-state index contributed by atoms with van der Waals surface area (Å²) in [5.74, 6) is 0. The zero-order valence-electron chi connectivity index (χ0n) is 10.5. The summed E-state index contributed by atoms with van der Waals surface area (Å²) in [6, 6.07) is 11.1. The molecule has 0 radical (unpaired) electrons. The van der Waals surface area contributed by atoms with Gasteiger partial charge in [-0.2, -0.15) is 13.2 Å². The summed E-state index contributed by atoms with van der Waals surface area (Å²) in [5, 5.41) is 0. The van der Waals surface area contributed by atoms with Gasteiger partial charge in [0.05, 0.1) is 5.56 Å². The van der Waals surface area contributed by atoms with Crippen LogP contribution in [0.25, 0.3) is 11.1 Å². The molecule has 0 saturated heterocycles. The van der Waals surface area contributed by atoms with Crippen molar-refractivity contribution in [3.05, 3.63) is 53.6 Å². The molecule has 0 aromatic heterocycles. The zero-order chi connectivity index (χ0) is 14.0. The van der Waals surface area contributed by atoms with Gasteiger partial charge in [0.25, 0.3) is 0 Å². The number of nitrogens with two attached hydrogens (primary N) is 1. The first kappa shape index (κ1) is 13.5. The minimum Gasteiger partial charge on any atom is -0.398 e. The number of alkyl halides is 3. The second-order valence-corrected chi connectivity index (χ2v) is 4.35. The highest BCUT2D eigenvalue weighted by Gasteiger charge is 2.30. The highest BCUT2D eigenvalue weighted by Crippen LogP contribution is 2.34. The van der Waals surface area contributed by atoms with Crippen LogP contribution in [-0.4, -0.2) is 0 Å². The van der Waals surface area contributed by atoms with E-state index < -0.39 is 11.7 Å². The molecule has 0 saturated carbocycles. The monoisotopic (exact) mass is 265 g/mol. The van der Waals surface area contributed by atoms with Gasteiger partial charge >= 0.3 is 6.18 Å².